The van der Waals surface area contributed by atoms with Crippen LogP contribution in [0.5, 0.6) is 0 Å². The fourth-order valence-corrected chi connectivity index (χ4v) is 2.83. The fraction of sp³-hybridized carbons (Fsp3) is 0.312. The minimum Gasteiger partial charge on any atom is -0.341 e. The minimum atomic E-state index is -0.135. The van der Waals surface area contributed by atoms with E-state index in [1.54, 1.807) is 10.7 Å². The first kappa shape index (κ1) is 15.2. The third kappa shape index (κ3) is 2.79. The molecule has 2 heterocycles. The van der Waals surface area contributed by atoms with Crippen LogP contribution in [0, 0.1) is 3.57 Å². The third-order valence-electron chi connectivity index (χ3n) is 3.58. The molecule has 6 heteroatoms. The first-order valence-electron chi connectivity index (χ1n) is 7.06. The number of H-pyrrole nitrogens is 1. The van der Waals surface area contributed by atoms with Gasteiger partial charge in [-0.3, -0.25) is 4.79 Å². The normalized spacial score (nSPS) is 12.0. The number of hydrogen-bond donors (Lipinski definition) is 1. The van der Waals surface area contributed by atoms with Gasteiger partial charge in [-0.1, -0.05) is 44.2 Å². The number of hydrogen-bond acceptors (Lipinski definition) is 3. The van der Waals surface area contributed by atoms with Crippen LogP contribution in [-0.4, -0.2) is 20.0 Å². The molecule has 0 aliphatic rings. The highest BCUT2D eigenvalue weighted by Crippen LogP contribution is 2.21. The Bertz CT molecular complexity index is 889. The van der Waals surface area contributed by atoms with Crippen LogP contribution in [0.15, 0.2) is 35.1 Å². The van der Waals surface area contributed by atoms with Crippen LogP contribution in [0.2, 0.25) is 0 Å². The maximum absolute atomic E-state index is 12.2. The second kappa shape index (κ2) is 5.49. The van der Waals surface area contributed by atoms with Crippen molar-refractivity contribution in [3.63, 3.8) is 0 Å². The number of nitrogens with one attached hydrogen (secondary N) is 1. The molecule has 1 aromatic carbocycles. The van der Waals surface area contributed by atoms with Gasteiger partial charge in [-0.15, -0.1) is 5.10 Å². The molecule has 0 aliphatic heterocycles. The summed E-state index contributed by atoms with van der Waals surface area (Å²) in [5.74, 6) is 0. The van der Waals surface area contributed by atoms with E-state index in [0.717, 1.165) is 14.8 Å². The molecule has 3 rings (SSSR count). The van der Waals surface area contributed by atoms with Gasteiger partial charge in [-0.05, 0) is 34.2 Å². The first-order chi connectivity index (χ1) is 10.4. The van der Waals surface area contributed by atoms with Crippen molar-refractivity contribution in [2.75, 3.05) is 0 Å². The summed E-state index contributed by atoms with van der Waals surface area (Å²) in [5, 5.41) is 8.18. The highest BCUT2D eigenvalue weighted by molar-refractivity contribution is 14.1. The van der Waals surface area contributed by atoms with Gasteiger partial charge in [-0.2, -0.15) is 0 Å². The van der Waals surface area contributed by atoms with Crippen molar-refractivity contribution in [2.45, 2.75) is 32.7 Å². The maximum Gasteiger partial charge on any atom is 0.211 e. The van der Waals surface area contributed by atoms with E-state index in [1.807, 2.05) is 12.1 Å². The number of fused-ring (bicyclic) bond motifs is 1. The Morgan fingerprint density at radius 2 is 2.00 bits per heavy atom. The van der Waals surface area contributed by atoms with E-state index in [9.17, 15) is 4.79 Å². The Morgan fingerprint density at radius 1 is 1.27 bits per heavy atom. The highest BCUT2D eigenvalue weighted by Gasteiger charge is 2.19. The van der Waals surface area contributed by atoms with Crippen LogP contribution in [0.3, 0.4) is 0 Å². The van der Waals surface area contributed by atoms with Gasteiger partial charge in [0, 0.05) is 20.7 Å². The van der Waals surface area contributed by atoms with Crippen LogP contribution >= 0.6 is 22.6 Å². The molecule has 0 spiro atoms. The number of aromatic amines is 1. The first-order valence-corrected chi connectivity index (χ1v) is 8.14. The van der Waals surface area contributed by atoms with Crippen LogP contribution in [0.1, 0.15) is 32.0 Å². The topological polar surface area (TPSA) is 63.6 Å². The van der Waals surface area contributed by atoms with Crippen LogP contribution in [0.25, 0.3) is 11.2 Å². The Balaban J connectivity index is 2.13. The van der Waals surface area contributed by atoms with Gasteiger partial charge >= 0.3 is 0 Å². The van der Waals surface area contributed by atoms with Gasteiger partial charge in [0.05, 0.1) is 6.54 Å². The molecule has 2 aromatic heterocycles. The zero-order valence-corrected chi connectivity index (χ0v) is 14.9. The predicted octanol–water partition coefficient (Wildman–Crippen LogP) is 3.07. The van der Waals surface area contributed by atoms with Crippen molar-refractivity contribution in [3.8, 4) is 0 Å². The summed E-state index contributed by atoms with van der Waals surface area (Å²) < 4.78 is 2.92. The zero-order chi connectivity index (χ0) is 15.9. The molecule has 0 saturated heterocycles. The zero-order valence-electron chi connectivity index (χ0n) is 12.7. The summed E-state index contributed by atoms with van der Waals surface area (Å²) in [7, 11) is 0. The number of halogens is 1. The lowest BCUT2D eigenvalue weighted by atomic mass is 9.91. The van der Waals surface area contributed by atoms with Crippen molar-refractivity contribution >= 4 is 33.8 Å². The number of aromatic nitrogens is 4. The maximum atomic E-state index is 12.2. The third-order valence-corrected chi connectivity index (χ3v) is 4.64. The summed E-state index contributed by atoms with van der Waals surface area (Å²) >= 11 is 2.30. The van der Waals surface area contributed by atoms with E-state index in [0.29, 0.717) is 17.7 Å². The molecular weight excluding hydrogens is 391 g/mol. The lowest BCUT2D eigenvalue weighted by Crippen LogP contribution is -2.18. The minimum absolute atomic E-state index is 0.0901. The van der Waals surface area contributed by atoms with E-state index < -0.39 is 0 Å². The smallest absolute Gasteiger partial charge is 0.211 e. The molecule has 5 nitrogen and oxygen atoms in total. The molecule has 0 atom stereocenters. The Hall–Kier alpha value is -1.70. The summed E-state index contributed by atoms with van der Waals surface area (Å²) in [5.41, 5.74) is 2.88. The Morgan fingerprint density at radius 3 is 2.68 bits per heavy atom. The highest BCUT2D eigenvalue weighted by atomic mass is 127. The SMILES string of the molecule is CC(C)(C)c1cc(=O)c2nnn(Cc3ccccc3I)c2[nH]1. The molecule has 0 aliphatic carbocycles. The number of rotatable bonds is 2. The average molecular weight is 408 g/mol. The quantitative estimate of drug-likeness (QED) is 0.663. The standard InChI is InChI=1S/C16H17IN4O/c1-16(2,3)13-8-12(22)14-15(18-13)21(20-19-14)9-10-6-4-5-7-11(10)17/h4-8H,9H2,1-3H3,(H,18,22). The Labute approximate surface area is 141 Å². The molecular formula is C16H17IN4O. The van der Waals surface area contributed by atoms with Gasteiger partial charge in [0.2, 0.25) is 5.43 Å². The molecule has 0 bridgehead atoms. The molecule has 0 fully saturated rings. The van der Waals surface area contributed by atoms with Crippen molar-refractivity contribution in [1.29, 1.82) is 0 Å². The van der Waals surface area contributed by atoms with E-state index >= 15 is 0 Å². The molecule has 1 N–H and O–H groups in total. The van der Waals surface area contributed by atoms with Crippen molar-refractivity contribution in [1.82, 2.24) is 20.0 Å². The van der Waals surface area contributed by atoms with Crippen molar-refractivity contribution < 1.29 is 0 Å². The molecule has 0 amide bonds. The van der Waals surface area contributed by atoms with Crippen LogP contribution < -0.4 is 5.43 Å². The molecule has 0 saturated carbocycles. The van der Waals surface area contributed by atoms with Gasteiger partial charge in [0.25, 0.3) is 0 Å². The van der Waals surface area contributed by atoms with Crippen LogP contribution in [-0.2, 0) is 12.0 Å². The lowest BCUT2D eigenvalue weighted by Gasteiger charge is -2.18. The van der Waals surface area contributed by atoms with Gasteiger partial charge < -0.3 is 4.98 Å². The van der Waals surface area contributed by atoms with Crippen molar-refractivity contribution in [2.24, 2.45) is 0 Å². The summed E-state index contributed by atoms with van der Waals surface area (Å²) in [6.45, 7) is 6.79. The second-order valence-electron chi connectivity index (χ2n) is 6.33. The fourth-order valence-electron chi connectivity index (χ4n) is 2.27. The van der Waals surface area contributed by atoms with Crippen LogP contribution in [0.4, 0.5) is 0 Å². The van der Waals surface area contributed by atoms with E-state index in [-0.39, 0.29) is 10.8 Å². The molecule has 0 unspecified atom stereocenters. The number of nitrogens with zero attached hydrogens (tertiary/aromatic N) is 3. The summed E-state index contributed by atoms with van der Waals surface area (Å²) in [6, 6.07) is 9.73. The lowest BCUT2D eigenvalue weighted by molar-refractivity contribution is 0.567. The van der Waals surface area contributed by atoms with E-state index in [2.05, 4.69) is 70.8 Å². The van der Waals surface area contributed by atoms with E-state index in [1.165, 1.54) is 0 Å². The van der Waals surface area contributed by atoms with Crippen molar-refractivity contribution in [3.05, 3.63) is 55.4 Å². The second-order valence-corrected chi connectivity index (χ2v) is 7.50. The molecule has 22 heavy (non-hydrogen) atoms. The van der Waals surface area contributed by atoms with Gasteiger partial charge in [0.15, 0.2) is 11.2 Å². The van der Waals surface area contributed by atoms with Gasteiger partial charge in [-0.25, -0.2) is 4.68 Å². The average Bonchev–Trinajstić information content (AvgIpc) is 2.84. The summed E-state index contributed by atoms with van der Waals surface area (Å²) in [6.07, 6.45) is 0. The largest absolute Gasteiger partial charge is 0.341 e. The molecule has 114 valence electrons. The van der Waals surface area contributed by atoms with E-state index in [4.69, 9.17) is 0 Å². The number of benzene rings is 1. The number of pyridine rings is 1. The monoisotopic (exact) mass is 408 g/mol. The van der Waals surface area contributed by atoms with Gasteiger partial charge in [0.1, 0.15) is 0 Å². The Kier molecular flexibility index (Phi) is 3.80. The summed E-state index contributed by atoms with van der Waals surface area (Å²) in [4.78, 5) is 15.6. The molecule has 3 aromatic rings. The predicted molar refractivity (Wildman–Crippen MR) is 95.1 cm³/mol. The molecule has 0 radical (unpaired) electrons.